The Labute approximate surface area is 100 Å². The Balaban J connectivity index is 2.18. The van der Waals surface area contributed by atoms with Crippen LogP contribution in [-0.4, -0.2) is 34.1 Å². The van der Waals surface area contributed by atoms with Gasteiger partial charge in [0, 0.05) is 18.7 Å². The number of unbranched alkanes of at least 4 members (excludes halogenated alkanes) is 3. The van der Waals surface area contributed by atoms with Gasteiger partial charge in [0.15, 0.2) is 0 Å². The van der Waals surface area contributed by atoms with Crippen molar-refractivity contribution in [2.24, 2.45) is 0 Å². The number of thiol groups is 1. The molecule has 1 rings (SSSR count). The van der Waals surface area contributed by atoms with E-state index in [0.29, 0.717) is 18.7 Å². The van der Waals surface area contributed by atoms with Crippen LogP contribution in [0.1, 0.15) is 32.1 Å². The molecule has 15 heavy (non-hydrogen) atoms. The first-order valence-corrected chi connectivity index (χ1v) is 6.95. The number of hydrogen-bond donors (Lipinski definition) is 1. The van der Waals surface area contributed by atoms with Gasteiger partial charge in [0.2, 0.25) is 5.91 Å². The first-order valence-electron chi connectivity index (χ1n) is 5.33. The molecular weight excluding hydrogens is 230 g/mol. The van der Waals surface area contributed by atoms with Gasteiger partial charge in [-0.1, -0.05) is 24.6 Å². The summed E-state index contributed by atoms with van der Waals surface area (Å²) in [6, 6.07) is 0. The lowest BCUT2D eigenvalue weighted by Gasteiger charge is -2.23. The molecule has 0 spiro atoms. The molecule has 0 saturated carbocycles. The van der Waals surface area contributed by atoms with Crippen LogP contribution in [0.2, 0.25) is 0 Å². The third-order valence-corrected chi connectivity index (χ3v) is 3.54. The molecule has 1 fully saturated rings. The first kappa shape index (κ1) is 12.9. The molecule has 3 nitrogen and oxygen atoms in total. The highest BCUT2D eigenvalue weighted by Crippen LogP contribution is 2.19. The van der Waals surface area contributed by atoms with Crippen molar-refractivity contribution >= 4 is 35.5 Å². The average molecular weight is 247 g/mol. The second-order valence-corrected chi connectivity index (χ2v) is 5.04. The summed E-state index contributed by atoms with van der Waals surface area (Å²) in [6.07, 6.45) is 4.74. The molecule has 0 aromatic rings. The molecule has 0 aliphatic carbocycles. The van der Waals surface area contributed by atoms with E-state index < -0.39 is 0 Å². The van der Waals surface area contributed by atoms with Crippen LogP contribution >= 0.6 is 24.4 Å². The Morgan fingerprint density at radius 3 is 2.60 bits per heavy atom. The molecule has 1 aliphatic heterocycles. The Bertz CT molecular complexity index is 217. The standard InChI is InChI=1S/C10H17NO2S2/c12-9-5-8-15-10(13)11(9)6-3-1-2-4-7-14/h14H,1-8H2. The molecule has 0 aromatic carbocycles. The van der Waals surface area contributed by atoms with Gasteiger partial charge in [-0.25, -0.2) is 0 Å². The number of thioether (sulfide) groups is 1. The van der Waals surface area contributed by atoms with Crippen LogP contribution in [0.15, 0.2) is 0 Å². The molecule has 1 aliphatic rings. The fraction of sp³-hybridized carbons (Fsp3) is 0.800. The highest BCUT2D eigenvalue weighted by Gasteiger charge is 2.25. The number of hydrogen-bond acceptors (Lipinski definition) is 4. The SMILES string of the molecule is O=C1CCSC(=O)N1CCCCCCS. The van der Waals surface area contributed by atoms with E-state index in [9.17, 15) is 9.59 Å². The largest absolute Gasteiger partial charge is 0.288 e. The van der Waals surface area contributed by atoms with Gasteiger partial charge in [0.25, 0.3) is 5.24 Å². The van der Waals surface area contributed by atoms with Crippen molar-refractivity contribution in [1.82, 2.24) is 4.90 Å². The maximum Gasteiger partial charge on any atom is 0.288 e. The molecule has 0 bridgehead atoms. The molecule has 5 heteroatoms. The lowest BCUT2D eigenvalue weighted by Crippen LogP contribution is -2.38. The minimum atomic E-state index is -0.0690. The van der Waals surface area contributed by atoms with Gasteiger partial charge in [-0.15, -0.1) is 0 Å². The van der Waals surface area contributed by atoms with Gasteiger partial charge in [-0.3, -0.25) is 14.5 Å². The zero-order valence-corrected chi connectivity index (χ0v) is 10.5. The quantitative estimate of drug-likeness (QED) is 0.579. The Morgan fingerprint density at radius 1 is 1.20 bits per heavy atom. The van der Waals surface area contributed by atoms with E-state index in [-0.39, 0.29) is 11.1 Å². The summed E-state index contributed by atoms with van der Waals surface area (Å²) in [6.45, 7) is 0.594. The van der Waals surface area contributed by atoms with Gasteiger partial charge >= 0.3 is 0 Å². The van der Waals surface area contributed by atoms with Crippen molar-refractivity contribution in [3.05, 3.63) is 0 Å². The van der Waals surface area contributed by atoms with E-state index in [4.69, 9.17) is 0 Å². The van der Waals surface area contributed by atoms with Gasteiger partial charge in [-0.2, -0.15) is 12.6 Å². The van der Waals surface area contributed by atoms with E-state index in [1.807, 2.05) is 0 Å². The van der Waals surface area contributed by atoms with Crippen LogP contribution in [0.5, 0.6) is 0 Å². The van der Waals surface area contributed by atoms with Crippen LogP contribution in [0, 0.1) is 0 Å². The number of amides is 2. The minimum Gasteiger partial charge on any atom is -0.274 e. The molecule has 0 radical (unpaired) electrons. The van der Waals surface area contributed by atoms with Crippen LogP contribution in [0.4, 0.5) is 4.79 Å². The van der Waals surface area contributed by atoms with Gasteiger partial charge < -0.3 is 0 Å². The molecule has 0 atom stereocenters. The number of rotatable bonds is 6. The predicted molar refractivity (Wildman–Crippen MR) is 66.5 cm³/mol. The second-order valence-electron chi connectivity index (χ2n) is 3.55. The lowest BCUT2D eigenvalue weighted by molar-refractivity contribution is -0.127. The zero-order valence-electron chi connectivity index (χ0n) is 8.78. The van der Waals surface area contributed by atoms with E-state index in [1.54, 1.807) is 0 Å². The monoisotopic (exact) mass is 247 g/mol. The summed E-state index contributed by atoms with van der Waals surface area (Å²) >= 11 is 5.38. The summed E-state index contributed by atoms with van der Waals surface area (Å²) in [5, 5.41) is -0.0690. The summed E-state index contributed by atoms with van der Waals surface area (Å²) in [4.78, 5) is 24.2. The first-order chi connectivity index (χ1) is 7.25. The van der Waals surface area contributed by atoms with E-state index in [0.717, 1.165) is 31.4 Å². The van der Waals surface area contributed by atoms with Gasteiger partial charge in [-0.05, 0) is 18.6 Å². The molecule has 2 amide bonds. The van der Waals surface area contributed by atoms with Crippen LogP contribution < -0.4 is 0 Å². The number of carbonyl (C=O) groups is 2. The van der Waals surface area contributed by atoms with Crippen molar-refractivity contribution in [2.45, 2.75) is 32.1 Å². The smallest absolute Gasteiger partial charge is 0.274 e. The highest BCUT2D eigenvalue weighted by atomic mass is 32.2. The molecular formula is C10H17NO2S2. The Hall–Kier alpha value is -0.160. The Kier molecular flexibility index (Phi) is 6.17. The number of carbonyl (C=O) groups excluding carboxylic acids is 2. The van der Waals surface area contributed by atoms with Crippen molar-refractivity contribution < 1.29 is 9.59 Å². The minimum absolute atomic E-state index is 0.00653. The van der Waals surface area contributed by atoms with E-state index in [1.165, 1.54) is 16.7 Å². The fourth-order valence-electron chi connectivity index (χ4n) is 1.49. The summed E-state index contributed by atoms with van der Waals surface area (Å²) in [5.41, 5.74) is 0. The van der Waals surface area contributed by atoms with Crippen LogP contribution in [0.25, 0.3) is 0 Å². The number of imide groups is 1. The third-order valence-electron chi connectivity index (χ3n) is 2.35. The fourth-order valence-corrected chi connectivity index (χ4v) is 2.52. The predicted octanol–water partition coefficient (Wildman–Crippen LogP) is 2.56. The van der Waals surface area contributed by atoms with E-state index >= 15 is 0 Å². The second kappa shape index (κ2) is 7.17. The third kappa shape index (κ3) is 4.47. The maximum atomic E-state index is 11.4. The molecule has 1 heterocycles. The van der Waals surface area contributed by atoms with Gasteiger partial charge in [0.05, 0.1) is 0 Å². The van der Waals surface area contributed by atoms with Gasteiger partial charge in [0.1, 0.15) is 0 Å². The highest BCUT2D eigenvalue weighted by molar-refractivity contribution is 8.13. The van der Waals surface area contributed by atoms with Crippen LogP contribution in [0.3, 0.4) is 0 Å². The molecule has 86 valence electrons. The Morgan fingerprint density at radius 2 is 1.93 bits per heavy atom. The molecule has 0 aromatic heterocycles. The summed E-state index contributed by atoms with van der Waals surface area (Å²) < 4.78 is 0. The molecule has 1 saturated heterocycles. The van der Waals surface area contributed by atoms with Crippen LogP contribution in [-0.2, 0) is 4.79 Å². The normalized spacial score (nSPS) is 17.3. The van der Waals surface area contributed by atoms with Crippen molar-refractivity contribution in [1.29, 1.82) is 0 Å². The molecule has 0 N–H and O–H groups in total. The van der Waals surface area contributed by atoms with Crippen molar-refractivity contribution in [2.75, 3.05) is 18.1 Å². The van der Waals surface area contributed by atoms with Crippen molar-refractivity contribution in [3.63, 3.8) is 0 Å². The van der Waals surface area contributed by atoms with E-state index in [2.05, 4.69) is 12.6 Å². The number of nitrogens with zero attached hydrogens (tertiary/aromatic N) is 1. The zero-order chi connectivity index (χ0) is 11.1. The average Bonchev–Trinajstić information content (AvgIpc) is 2.21. The summed E-state index contributed by atoms with van der Waals surface area (Å²) in [5.74, 6) is 1.55. The topological polar surface area (TPSA) is 37.4 Å². The lowest BCUT2D eigenvalue weighted by atomic mass is 10.2. The molecule has 0 unspecified atom stereocenters. The summed E-state index contributed by atoms with van der Waals surface area (Å²) in [7, 11) is 0. The van der Waals surface area contributed by atoms with Crippen molar-refractivity contribution in [3.8, 4) is 0 Å². The maximum absolute atomic E-state index is 11.4.